The first-order valence-corrected chi connectivity index (χ1v) is 7.47. The van der Waals surface area contributed by atoms with E-state index in [2.05, 4.69) is 39.2 Å². The van der Waals surface area contributed by atoms with Crippen molar-refractivity contribution in [2.45, 2.75) is 32.7 Å². The molecule has 0 saturated heterocycles. The first-order valence-electron chi connectivity index (χ1n) is 6.67. The number of aliphatic hydroxyl groups is 1. The van der Waals surface area contributed by atoms with Crippen LogP contribution in [0.25, 0.3) is 0 Å². The van der Waals surface area contributed by atoms with Crippen molar-refractivity contribution < 1.29 is 5.11 Å². The fraction of sp³-hybridized carbons (Fsp3) is 0.571. The zero-order chi connectivity index (χ0) is 15.0. The number of terminal acetylenes is 1. The molecule has 20 heavy (non-hydrogen) atoms. The minimum atomic E-state index is -0.248. The quantitative estimate of drug-likeness (QED) is 0.708. The highest BCUT2D eigenvalue weighted by atomic mass is 79.9. The van der Waals surface area contributed by atoms with Crippen LogP contribution in [0.5, 0.6) is 0 Å². The van der Waals surface area contributed by atoms with Crippen molar-refractivity contribution in [3.8, 4) is 12.3 Å². The summed E-state index contributed by atoms with van der Waals surface area (Å²) in [4.78, 5) is 12.0. The molecule has 0 bridgehead atoms. The third kappa shape index (κ3) is 4.66. The number of halogens is 1. The molecule has 1 aromatic rings. The number of anilines is 1. The predicted octanol–water partition coefficient (Wildman–Crippen LogP) is 1.85. The second kappa shape index (κ2) is 8.77. The summed E-state index contributed by atoms with van der Waals surface area (Å²) in [5.41, 5.74) is 0.407. The van der Waals surface area contributed by atoms with Crippen LogP contribution in [-0.4, -0.2) is 28.0 Å². The minimum Gasteiger partial charge on any atom is -0.396 e. The molecule has 1 aromatic heterocycles. The van der Waals surface area contributed by atoms with E-state index >= 15 is 0 Å². The third-order valence-corrected chi connectivity index (χ3v) is 3.81. The first kappa shape index (κ1) is 16.7. The maximum absolute atomic E-state index is 12.0. The molecule has 6 heteroatoms. The topological polar surface area (TPSA) is 67.2 Å². The van der Waals surface area contributed by atoms with E-state index in [-0.39, 0.29) is 18.7 Å². The summed E-state index contributed by atoms with van der Waals surface area (Å²) in [6.07, 6.45) is 9.62. The Morgan fingerprint density at radius 3 is 2.95 bits per heavy atom. The van der Waals surface area contributed by atoms with Crippen LogP contribution < -0.4 is 10.9 Å². The molecule has 1 heterocycles. The number of nitrogens with one attached hydrogen (secondary N) is 1. The van der Waals surface area contributed by atoms with Crippen molar-refractivity contribution in [1.82, 2.24) is 9.78 Å². The van der Waals surface area contributed by atoms with Gasteiger partial charge in [-0.05, 0) is 34.7 Å². The summed E-state index contributed by atoms with van der Waals surface area (Å²) < 4.78 is 1.66. The van der Waals surface area contributed by atoms with E-state index in [1.807, 2.05) is 0 Å². The van der Waals surface area contributed by atoms with E-state index in [1.54, 1.807) is 6.20 Å². The van der Waals surface area contributed by atoms with Gasteiger partial charge in [-0.2, -0.15) is 5.10 Å². The van der Waals surface area contributed by atoms with Gasteiger partial charge < -0.3 is 10.4 Å². The van der Waals surface area contributed by atoms with Gasteiger partial charge in [-0.25, -0.2) is 4.68 Å². The number of hydrogen-bond acceptors (Lipinski definition) is 4. The van der Waals surface area contributed by atoms with Crippen molar-refractivity contribution in [3.63, 3.8) is 0 Å². The van der Waals surface area contributed by atoms with E-state index in [9.17, 15) is 4.79 Å². The van der Waals surface area contributed by atoms with E-state index in [1.165, 1.54) is 4.68 Å². The number of hydrogen-bond donors (Lipinski definition) is 2. The molecule has 110 valence electrons. The van der Waals surface area contributed by atoms with Gasteiger partial charge in [-0.15, -0.1) is 6.42 Å². The van der Waals surface area contributed by atoms with Gasteiger partial charge in [0.05, 0.1) is 11.9 Å². The van der Waals surface area contributed by atoms with E-state index in [4.69, 9.17) is 11.5 Å². The average molecular weight is 342 g/mol. The monoisotopic (exact) mass is 341 g/mol. The molecular weight excluding hydrogens is 322 g/mol. The van der Waals surface area contributed by atoms with Gasteiger partial charge in [0.1, 0.15) is 11.0 Å². The van der Waals surface area contributed by atoms with Crippen LogP contribution in [0.3, 0.4) is 0 Å². The van der Waals surface area contributed by atoms with Crippen molar-refractivity contribution in [1.29, 1.82) is 0 Å². The van der Waals surface area contributed by atoms with Gasteiger partial charge in [-0.3, -0.25) is 4.79 Å². The van der Waals surface area contributed by atoms with Crippen LogP contribution in [0.2, 0.25) is 0 Å². The number of aromatic nitrogens is 2. The molecule has 1 rings (SSSR count). The fourth-order valence-corrected chi connectivity index (χ4v) is 2.43. The lowest BCUT2D eigenvalue weighted by molar-refractivity contribution is 0.255. The SMILES string of the molecule is C#CCn1ncc(NCC(CCC)CCO)c(Br)c1=O. The van der Waals surface area contributed by atoms with E-state index < -0.39 is 0 Å². The Kier molecular flexibility index (Phi) is 7.34. The summed E-state index contributed by atoms with van der Waals surface area (Å²) in [6.45, 7) is 3.15. The molecule has 0 amide bonds. The Morgan fingerprint density at radius 1 is 1.60 bits per heavy atom. The molecule has 1 atom stereocenters. The lowest BCUT2D eigenvalue weighted by Gasteiger charge is -2.17. The molecule has 0 fully saturated rings. The Labute approximate surface area is 127 Å². The number of aliphatic hydroxyl groups excluding tert-OH is 1. The molecule has 0 saturated carbocycles. The summed E-state index contributed by atoms with van der Waals surface area (Å²) >= 11 is 3.28. The molecule has 0 radical (unpaired) electrons. The van der Waals surface area contributed by atoms with Crippen molar-refractivity contribution in [3.05, 3.63) is 21.0 Å². The van der Waals surface area contributed by atoms with Gasteiger partial charge in [0.2, 0.25) is 0 Å². The van der Waals surface area contributed by atoms with Crippen LogP contribution in [-0.2, 0) is 6.54 Å². The molecule has 0 aliphatic rings. The molecule has 0 spiro atoms. The maximum atomic E-state index is 12.0. The highest BCUT2D eigenvalue weighted by Gasteiger charge is 2.11. The zero-order valence-electron chi connectivity index (χ0n) is 11.6. The van der Waals surface area contributed by atoms with E-state index in [0.717, 1.165) is 19.3 Å². The van der Waals surface area contributed by atoms with Gasteiger partial charge in [0.25, 0.3) is 5.56 Å². The van der Waals surface area contributed by atoms with Crippen LogP contribution in [0.15, 0.2) is 15.5 Å². The van der Waals surface area contributed by atoms with Gasteiger partial charge in [-0.1, -0.05) is 19.3 Å². The highest BCUT2D eigenvalue weighted by Crippen LogP contribution is 2.18. The maximum Gasteiger partial charge on any atom is 0.284 e. The number of rotatable bonds is 8. The van der Waals surface area contributed by atoms with Crippen LogP contribution >= 0.6 is 15.9 Å². The largest absolute Gasteiger partial charge is 0.396 e. The van der Waals surface area contributed by atoms with Crippen LogP contribution in [0, 0.1) is 18.3 Å². The van der Waals surface area contributed by atoms with Crippen molar-refractivity contribution in [2.24, 2.45) is 5.92 Å². The molecule has 1 unspecified atom stereocenters. The highest BCUT2D eigenvalue weighted by molar-refractivity contribution is 9.10. The van der Waals surface area contributed by atoms with Crippen LogP contribution in [0.1, 0.15) is 26.2 Å². The smallest absolute Gasteiger partial charge is 0.284 e. The van der Waals surface area contributed by atoms with Crippen LogP contribution in [0.4, 0.5) is 5.69 Å². The van der Waals surface area contributed by atoms with Crippen molar-refractivity contribution in [2.75, 3.05) is 18.5 Å². The van der Waals surface area contributed by atoms with Gasteiger partial charge in [0.15, 0.2) is 0 Å². The lowest BCUT2D eigenvalue weighted by atomic mass is 10.0. The van der Waals surface area contributed by atoms with Crippen molar-refractivity contribution >= 4 is 21.6 Å². The Bertz CT molecular complexity index is 516. The second-order valence-electron chi connectivity index (χ2n) is 4.59. The molecule has 0 aliphatic heterocycles. The fourth-order valence-electron chi connectivity index (χ4n) is 1.98. The summed E-state index contributed by atoms with van der Waals surface area (Å²) in [7, 11) is 0. The molecule has 5 nitrogen and oxygen atoms in total. The normalized spacial score (nSPS) is 11.9. The second-order valence-corrected chi connectivity index (χ2v) is 5.38. The van der Waals surface area contributed by atoms with Gasteiger partial charge >= 0.3 is 0 Å². The molecule has 2 N–H and O–H groups in total. The molecular formula is C14H20BrN3O2. The number of nitrogens with zero attached hydrogens (tertiary/aromatic N) is 2. The molecule has 0 aromatic carbocycles. The average Bonchev–Trinajstić information content (AvgIpc) is 2.43. The van der Waals surface area contributed by atoms with Gasteiger partial charge in [0, 0.05) is 13.2 Å². The first-order chi connectivity index (χ1) is 9.63. The third-order valence-electron chi connectivity index (χ3n) is 3.04. The summed E-state index contributed by atoms with van der Waals surface area (Å²) in [5, 5.41) is 16.3. The minimum absolute atomic E-state index is 0.153. The standard InChI is InChI=1S/C14H20BrN3O2/c1-3-5-11(6-8-19)9-16-12-10-17-18(7-4-2)14(20)13(12)15/h2,10-11,16,19H,3,5-9H2,1H3. The summed E-state index contributed by atoms with van der Waals surface area (Å²) in [5.74, 6) is 2.77. The molecule has 0 aliphatic carbocycles. The Balaban J connectivity index is 2.76. The Hall–Kier alpha value is -1.32. The van der Waals surface area contributed by atoms with E-state index in [0.29, 0.717) is 22.6 Å². The lowest BCUT2D eigenvalue weighted by Crippen LogP contribution is -2.25. The Morgan fingerprint density at radius 2 is 2.35 bits per heavy atom. The summed E-state index contributed by atoms with van der Waals surface area (Å²) in [6, 6.07) is 0. The zero-order valence-corrected chi connectivity index (χ0v) is 13.2. The predicted molar refractivity (Wildman–Crippen MR) is 83.6 cm³/mol.